The van der Waals surface area contributed by atoms with Crippen molar-refractivity contribution < 1.29 is 13.5 Å². The lowest BCUT2D eigenvalue weighted by atomic mass is 9.93. The van der Waals surface area contributed by atoms with Crippen LogP contribution in [0.15, 0.2) is 30.7 Å². The third kappa shape index (κ3) is 3.88. The second-order valence-electron chi connectivity index (χ2n) is 7.54. The first-order valence-electron chi connectivity index (χ1n) is 10.2. The summed E-state index contributed by atoms with van der Waals surface area (Å²) in [5.74, 6) is 1.16. The minimum absolute atomic E-state index is 0.111. The van der Waals surface area contributed by atoms with Gasteiger partial charge in [-0.25, -0.2) is 9.50 Å². The van der Waals surface area contributed by atoms with E-state index in [0.29, 0.717) is 30.3 Å². The van der Waals surface area contributed by atoms with Crippen LogP contribution in [0.5, 0.6) is 0 Å². The van der Waals surface area contributed by atoms with E-state index < -0.39 is 6.61 Å². The third-order valence-corrected chi connectivity index (χ3v) is 5.60. The third-order valence-electron chi connectivity index (χ3n) is 5.60. The van der Waals surface area contributed by atoms with Gasteiger partial charge in [0.2, 0.25) is 5.95 Å². The number of aromatic nitrogens is 6. The van der Waals surface area contributed by atoms with E-state index in [1.54, 1.807) is 16.9 Å². The van der Waals surface area contributed by atoms with Gasteiger partial charge in [0, 0.05) is 37.2 Å². The number of hydrogen-bond acceptors (Lipinski definition) is 7. The van der Waals surface area contributed by atoms with Gasteiger partial charge in [-0.1, -0.05) is 0 Å². The Morgan fingerprint density at radius 2 is 2.03 bits per heavy atom. The second-order valence-corrected chi connectivity index (χ2v) is 7.54. The van der Waals surface area contributed by atoms with Gasteiger partial charge in [0.05, 0.1) is 17.2 Å². The van der Waals surface area contributed by atoms with Crippen LogP contribution >= 0.6 is 0 Å². The molecule has 0 bridgehead atoms. The quantitative estimate of drug-likeness (QED) is 0.430. The van der Waals surface area contributed by atoms with E-state index in [0.717, 1.165) is 35.1 Å². The molecule has 4 aromatic heterocycles. The minimum atomic E-state index is -2.72. The molecule has 0 aliphatic heterocycles. The van der Waals surface area contributed by atoms with Gasteiger partial charge in [-0.15, -0.1) is 0 Å². The molecule has 4 heterocycles. The lowest BCUT2D eigenvalue weighted by Gasteiger charge is -2.28. The summed E-state index contributed by atoms with van der Waals surface area (Å²) in [7, 11) is 1.81. The van der Waals surface area contributed by atoms with Crippen molar-refractivity contribution in [3.63, 3.8) is 0 Å². The molecule has 3 N–H and O–H groups in total. The highest BCUT2D eigenvalue weighted by Gasteiger charge is 2.25. The number of aromatic amines is 1. The zero-order chi connectivity index (χ0) is 21.4. The van der Waals surface area contributed by atoms with Crippen LogP contribution in [0.25, 0.3) is 27.9 Å². The van der Waals surface area contributed by atoms with Crippen molar-refractivity contribution in [3.05, 3.63) is 30.7 Å². The van der Waals surface area contributed by atoms with E-state index in [1.165, 1.54) is 0 Å². The summed E-state index contributed by atoms with van der Waals surface area (Å²) >= 11 is 0. The summed E-state index contributed by atoms with van der Waals surface area (Å²) in [6.07, 6.45) is 7.58. The van der Waals surface area contributed by atoms with Gasteiger partial charge in [-0.2, -0.15) is 23.8 Å². The second kappa shape index (κ2) is 8.06. The number of halogens is 2. The fraction of sp³-hybridized carbons (Fsp3) is 0.400. The molecule has 11 heteroatoms. The first kappa shape index (κ1) is 19.6. The maximum atomic E-state index is 12.4. The van der Waals surface area contributed by atoms with E-state index in [4.69, 9.17) is 0 Å². The Labute approximate surface area is 176 Å². The molecule has 4 aromatic rings. The smallest absolute Gasteiger partial charge is 0.345 e. The van der Waals surface area contributed by atoms with E-state index in [1.807, 2.05) is 25.4 Å². The number of imidazole rings is 1. The van der Waals surface area contributed by atoms with Crippen LogP contribution in [0.1, 0.15) is 25.7 Å². The van der Waals surface area contributed by atoms with Gasteiger partial charge < -0.3 is 20.4 Å². The molecule has 1 aliphatic carbocycles. The molecular weight excluding hydrogens is 406 g/mol. The normalized spacial score (nSPS) is 19.4. The van der Waals surface area contributed by atoms with Crippen LogP contribution < -0.4 is 10.6 Å². The molecule has 1 aliphatic rings. The molecule has 1 fully saturated rings. The Kier molecular flexibility index (Phi) is 5.10. The van der Waals surface area contributed by atoms with Crippen LogP contribution in [0.4, 0.5) is 20.5 Å². The van der Waals surface area contributed by atoms with Crippen LogP contribution in [0.2, 0.25) is 0 Å². The van der Waals surface area contributed by atoms with Crippen molar-refractivity contribution in [3.8, 4) is 11.3 Å². The van der Waals surface area contributed by atoms with Gasteiger partial charge in [0.1, 0.15) is 11.5 Å². The summed E-state index contributed by atoms with van der Waals surface area (Å²) in [5, 5.41) is 11.9. The average molecular weight is 428 g/mol. The zero-order valence-electron chi connectivity index (χ0n) is 16.8. The predicted molar refractivity (Wildman–Crippen MR) is 112 cm³/mol. The molecule has 0 atom stereocenters. The maximum Gasteiger partial charge on any atom is 0.345 e. The van der Waals surface area contributed by atoms with Crippen molar-refractivity contribution in [2.75, 3.05) is 17.7 Å². The molecule has 0 amide bonds. The van der Waals surface area contributed by atoms with Crippen LogP contribution in [0, 0.1) is 0 Å². The first-order valence-corrected chi connectivity index (χ1v) is 10.2. The number of fused-ring (bicyclic) bond motifs is 2. The van der Waals surface area contributed by atoms with Crippen LogP contribution in [0.3, 0.4) is 0 Å². The predicted octanol–water partition coefficient (Wildman–Crippen LogP) is 3.67. The minimum Gasteiger partial charge on any atom is -0.372 e. The van der Waals surface area contributed by atoms with Gasteiger partial charge in [0.25, 0.3) is 0 Å². The highest BCUT2D eigenvalue weighted by atomic mass is 19.3. The SMILES string of the molecule is CNc1nc(NC2CCC(OC(F)F)CC2)nc2[nH]cc(-c3ccc4nccn4n3)c12. The van der Waals surface area contributed by atoms with Crippen molar-refractivity contribution in [2.45, 2.75) is 44.4 Å². The molecule has 5 rings (SSSR count). The van der Waals surface area contributed by atoms with Crippen molar-refractivity contribution >= 4 is 28.4 Å². The monoisotopic (exact) mass is 428 g/mol. The standard InChI is InChI=1S/C20H22F2N8O/c1-23-17-16-13(14-6-7-15-24-8-9-30(15)29-14)10-25-18(16)28-20(27-17)26-11-2-4-12(5-3-11)31-19(21)22/h6-12,19H,2-5H2,1H3,(H3,23,25,26,27,28). The maximum absolute atomic E-state index is 12.4. The van der Waals surface area contributed by atoms with Gasteiger partial charge >= 0.3 is 6.61 Å². The number of anilines is 2. The molecule has 0 saturated heterocycles. The highest BCUT2D eigenvalue weighted by molar-refractivity contribution is 6.00. The number of alkyl halides is 2. The Morgan fingerprint density at radius 1 is 1.19 bits per heavy atom. The summed E-state index contributed by atoms with van der Waals surface area (Å²) in [6.45, 7) is -2.72. The molecule has 0 unspecified atom stereocenters. The lowest BCUT2D eigenvalue weighted by Crippen LogP contribution is -2.31. The lowest BCUT2D eigenvalue weighted by molar-refractivity contribution is -0.169. The fourth-order valence-electron chi connectivity index (χ4n) is 4.11. The summed E-state index contributed by atoms with van der Waals surface area (Å²) in [6, 6.07) is 3.93. The highest BCUT2D eigenvalue weighted by Crippen LogP contribution is 2.33. The molecule has 31 heavy (non-hydrogen) atoms. The van der Waals surface area contributed by atoms with E-state index in [9.17, 15) is 8.78 Å². The summed E-state index contributed by atoms with van der Waals surface area (Å²) in [4.78, 5) is 16.7. The Hall–Kier alpha value is -3.34. The number of H-pyrrole nitrogens is 1. The van der Waals surface area contributed by atoms with Gasteiger partial charge in [-0.05, 0) is 37.8 Å². The Balaban J connectivity index is 1.39. The van der Waals surface area contributed by atoms with Crippen molar-refractivity contribution in [2.24, 2.45) is 0 Å². The van der Waals surface area contributed by atoms with E-state index in [-0.39, 0.29) is 12.1 Å². The molecule has 9 nitrogen and oxygen atoms in total. The van der Waals surface area contributed by atoms with Crippen molar-refractivity contribution in [1.29, 1.82) is 0 Å². The average Bonchev–Trinajstić information content (AvgIpc) is 3.40. The Bertz CT molecular complexity index is 1200. The summed E-state index contributed by atoms with van der Waals surface area (Å²) in [5.41, 5.74) is 3.11. The Morgan fingerprint density at radius 3 is 2.81 bits per heavy atom. The molecule has 1 saturated carbocycles. The van der Waals surface area contributed by atoms with E-state index >= 15 is 0 Å². The van der Waals surface area contributed by atoms with E-state index in [2.05, 4.69) is 40.4 Å². The molecule has 0 aromatic carbocycles. The number of rotatable bonds is 6. The summed E-state index contributed by atoms with van der Waals surface area (Å²) < 4.78 is 31.2. The fourth-order valence-corrected chi connectivity index (χ4v) is 4.11. The molecule has 0 radical (unpaired) electrons. The van der Waals surface area contributed by atoms with Gasteiger partial charge in [0.15, 0.2) is 5.65 Å². The molecule has 162 valence electrons. The van der Waals surface area contributed by atoms with Crippen LogP contribution in [-0.4, -0.2) is 55.4 Å². The number of hydrogen-bond donors (Lipinski definition) is 3. The van der Waals surface area contributed by atoms with Gasteiger partial charge in [-0.3, -0.25) is 0 Å². The number of nitrogens with zero attached hydrogens (tertiary/aromatic N) is 5. The molecular formula is C20H22F2N8O. The van der Waals surface area contributed by atoms with Crippen LogP contribution in [-0.2, 0) is 4.74 Å². The largest absolute Gasteiger partial charge is 0.372 e. The molecule has 0 spiro atoms. The van der Waals surface area contributed by atoms with Crippen molar-refractivity contribution in [1.82, 2.24) is 29.5 Å². The number of nitrogens with one attached hydrogen (secondary N) is 3. The zero-order valence-corrected chi connectivity index (χ0v) is 16.8. The first-order chi connectivity index (χ1) is 15.1. The number of ether oxygens (including phenoxy) is 1. The topological polar surface area (TPSA) is 105 Å².